The number of nitrogens with one attached hydrogen (secondary N) is 1. The number of hydrogen-bond acceptors (Lipinski definition) is 4. The van der Waals surface area contributed by atoms with E-state index in [0.717, 1.165) is 25.2 Å². The Labute approximate surface area is 147 Å². The molecule has 0 aromatic carbocycles. The van der Waals surface area contributed by atoms with Crippen molar-refractivity contribution < 1.29 is 9.53 Å². The van der Waals surface area contributed by atoms with Crippen LogP contribution in [-0.4, -0.2) is 37.9 Å². The minimum Gasteiger partial charge on any atom is -0.368 e. The molecule has 1 aliphatic carbocycles. The smallest absolute Gasteiger partial charge is 0.242 e. The highest BCUT2D eigenvalue weighted by molar-refractivity contribution is 5.76. The molecule has 0 bridgehead atoms. The summed E-state index contributed by atoms with van der Waals surface area (Å²) < 4.78 is 9.76. The van der Waals surface area contributed by atoms with Gasteiger partial charge in [0.25, 0.3) is 0 Å². The summed E-state index contributed by atoms with van der Waals surface area (Å²) in [6, 6.07) is -0.0487. The molecule has 2 fully saturated rings. The van der Waals surface area contributed by atoms with E-state index in [2.05, 4.69) is 26.9 Å². The molecular weight excluding hydrogens is 318 g/mol. The first-order valence-electron chi connectivity index (χ1n) is 9.19. The fourth-order valence-electron chi connectivity index (χ4n) is 3.52. The normalized spacial score (nSPS) is 23.6. The fraction of sp³-hybridized carbons (Fsp3) is 0.611. The maximum absolute atomic E-state index is 12.5. The maximum atomic E-state index is 12.5. The molecule has 0 unspecified atom stereocenters. The lowest BCUT2D eigenvalue weighted by Crippen LogP contribution is -2.44. The third kappa shape index (κ3) is 3.61. The molecule has 4 rings (SSSR count). The number of aryl methyl sites for hydroxylation is 1. The van der Waals surface area contributed by atoms with Gasteiger partial charge in [-0.1, -0.05) is 0 Å². The van der Waals surface area contributed by atoms with E-state index >= 15 is 0 Å². The van der Waals surface area contributed by atoms with Gasteiger partial charge in [-0.3, -0.25) is 9.48 Å². The Morgan fingerprint density at radius 2 is 2.28 bits per heavy atom. The minimum atomic E-state index is -0.188. The van der Waals surface area contributed by atoms with Crippen molar-refractivity contribution in [3.05, 3.63) is 36.2 Å². The van der Waals surface area contributed by atoms with Gasteiger partial charge in [-0.05, 0) is 44.1 Å². The molecule has 134 valence electrons. The highest BCUT2D eigenvalue weighted by atomic mass is 16.5. The fourth-order valence-corrected chi connectivity index (χ4v) is 3.52. The molecule has 3 heterocycles. The summed E-state index contributed by atoms with van der Waals surface area (Å²) in [6.45, 7) is 3.87. The van der Waals surface area contributed by atoms with E-state index in [9.17, 15) is 4.79 Å². The summed E-state index contributed by atoms with van der Waals surface area (Å²) in [6.07, 6.45) is 11.8. The van der Waals surface area contributed by atoms with Crippen LogP contribution in [0.5, 0.6) is 0 Å². The molecule has 2 atom stereocenters. The Hall–Kier alpha value is -2.15. The molecule has 1 amide bonds. The van der Waals surface area contributed by atoms with Crippen LogP contribution in [0.3, 0.4) is 0 Å². The molecule has 2 aromatic heterocycles. The monoisotopic (exact) mass is 343 g/mol. The number of carbonyl (C=O) groups excluding carboxylic acids is 1. The molecule has 7 heteroatoms. The summed E-state index contributed by atoms with van der Waals surface area (Å²) in [5.41, 5.74) is 1.25. The Morgan fingerprint density at radius 1 is 1.40 bits per heavy atom. The van der Waals surface area contributed by atoms with Crippen molar-refractivity contribution in [2.24, 2.45) is 0 Å². The zero-order valence-corrected chi connectivity index (χ0v) is 14.6. The lowest BCUT2D eigenvalue weighted by atomic mass is 10.0. The number of rotatable bonds is 6. The number of aromatic nitrogens is 4. The maximum Gasteiger partial charge on any atom is 0.242 e. The van der Waals surface area contributed by atoms with Gasteiger partial charge in [0.1, 0.15) is 18.5 Å². The second kappa shape index (κ2) is 7.00. The van der Waals surface area contributed by atoms with Crippen molar-refractivity contribution in [3.8, 4) is 0 Å². The van der Waals surface area contributed by atoms with Gasteiger partial charge in [-0.25, -0.2) is 4.98 Å². The van der Waals surface area contributed by atoms with E-state index in [-0.39, 0.29) is 24.6 Å². The number of ether oxygens (including phenoxy) is 1. The van der Waals surface area contributed by atoms with E-state index < -0.39 is 0 Å². The summed E-state index contributed by atoms with van der Waals surface area (Å²) in [4.78, 5) is 16.9. The van der Waals surface area contributed by atoms with E-state index in [1.807, 2.05) is 18.6 Å². The van der Waals surface area contributed by atoms with Gasteiger partial charge in [-0.15, -0.1) is 0 Å². The van der Waals surface area contributed by atoms with Crippen molar-refractivity contribution in [1.29, 1.82) is 0 Å². The van der Waals surface area contributed by atoms with Crippen molar-refractivity contribution in [3.63, 3.8) is 0 Å². The summed E-state index contributed by atoms with van der Waals surface area (Å²) in [5.74, 6) is 1.52. The third-order valence-corrected chi connectivity index (χ3v) is 5.02. The van der Waals surface area contributed by atoms with Crippen LogP contribution in [0.15, 0.2) is 24.8 Å². The molecule has 1 N–H and O–H groups in total. The van der Waals surface area contributed by atoms with Gasteiger partial charge < -0.3 is 14.6 Å². The van der Waals surface area contributed by atoms with Crippen LogP contribution in [-0.2, 0) is 22.6 Å². The number of carbonyl (C=O) groups is 1. The van der Waals surface area contributed by atoms with E-state index in [0.29, 0.717) is 12.5 Å². The highest BCUT2D eigenvalue weighted by Crippen LogP contribution is 2.39. The zero-order valence-electron chi connectivity index (χ0n) is 14.6. The lowest BCUT2D eigenvalue weighted by Gasteiger charge is -2.32. The lowest BCUT2D eigenvalue weighted by molar-refractivity contribution is -0.125. The Bertz CT molecular complexity index is 733. The van der Waals surface area contributed by atoms with Crippen LogP contribution in [0.2, 0.25) is 0 Å². The van der Waals surface area contributed by atoms with Crippen LogP contribution in [0, 0.1) is 0 Å². The second-order valence-electron chi connectivity index (χ2n) is 6.92. The van der Waals surface area contributed by atoms with Gasteiger partial charge in [-0.2, -0.15) is 5.10 Å². The van der Waals surface area contributed by atoms with Gasteiger partial charge >= 0.3 is 0 Å². The van der Waals surface area contributed by atoms with Gasteiger partial charge in [0.05, 0.1) is 12.2 Å². The molecule has 1 aliphatic heterocycles. The number of amides is 1. The Balaban J connectivity index is 1.41. The standard InChI is InChI=1S/C18H25N5O2/c1-2-22-8-7-19-18(22)17-15(4-3-9-25-17)21-16(24)12-23-11-14(10-20-23)13-5-6-13/h7-8,10-11,13,15,17H,2-6,9,12H2,1H3,(H,21,24)/t15-,17-/m1/s1. The molecule has 1 saturated carbocycles. The van der Waals surface area contributed by atoms with Crippen LogP contribution in [0.1, 0.15) is 56.0 Å². The molecule has 1 saturated heterocycles. The Morgan fingerprint density at radius 3 is 3.08 bits per heavy atom. The average Bonchev–Trinajstić information content (AvgIpc) is 3.17. The molecule has 2 aromatic rings. The topological polar surface area (TPSA) is 74.0 Å². The predicted octanol–water partition coefficient (Wildman–Crippen LogP) is 2.01. The SMILES string of the molecule is CCn1ccnc1[C@@H]1OCCC[C@H]1NC(=O)Cn1cc(C2CC2)cn1. The number of hydrogen-bond donors (Lipinski definition) is 1. The van der Waals surface area contributed by atoms with E-state index in [1.54, 1.807) is 10.9 Å². The first kappa shape index (κ1) is 16.3. The van der Waals surface area contributed by atoms with Crippen LogP contribution < -0.4 is 5.32 Å². The summed E-state index contributed by atoms with van der Waals surface area (Å²) in [7, 11) is 0. The van der Waals surface area contributed by atoms with Crippen LogP contribution >= 0.6 is 0 Å². The summed E-state index contributed by atoms with van der Waals surface area (Å²) in [5, 5.41) is 7.45. The van der Waals surface area contributed by atoms with Gasteiger partial charge in [0.2, 0.25) is 5.91 Å². The third-order valence-electron chi connectivity index (χ3n) is 5.02. The molecule has 0 spiro atoms. The van der Waals surface area contributed by atoms with E-state index in [1.165, 1.54) is 18.4 Å². The quantitative estimate of drug-likeness (QED) is 0.871. The molecule has 7 nitrogen and oxygen atoms in total. The largest absolute Gasteiger partial charge is 0.368 e. The Kier molecular flexibility index (Phi) is 4.57. The molecule has 0 radical (unpaired) electrons. The molecule has 2 aliphatic rings. The average molecular weight is 343 g/mol. The predicted molar refractivity (Wildman–Crippen MR) is 92.0 cm³/mol. The molecule has 25 heavy (non-hydrogen) atoms. The van der Waals surface area contributed by atoms with Gasteiger partial charge in [0.15, 0.2) is 0 Å². The van der Waals surface area contributed by atoms with Crippen molar-refractivity contribution >= 4 is 5.91 Å². The van der Waals surface area contributed by atoms with Crippen LogP contribution in [0.4, 0.5) is 0 Å². The summed E-state index contributed by atoms with van der Waals surface area (Å²) >= 11 is 0. The first-order valence-corrected chi connectivity index (χ1v) is 9.19. The van der Waals surface area contributed by atoms with E-state index in [4.69, 9.17) is 4.74 Å². The van der Waals surface area contributed by atoms with Crippen LogP contribution in [0.25, 0.3) is 0 Å². The van der Waals surface area contributed by atoms with Crippen molar-refractivity contribution in [2.45, 2.75) is 63.8 Å². The minimum absolute atomic E-state index is 0.0273. The molecular formula is C18H25N5O2. The van der Waals surface area contributed by atoms with Gasteiger partial charge in [0, 0.05) is 31.7 Å². The highest BCUT2D eigenvalue weighted by Gasteiger charge is 2.32. The zero-order chi connectivity index (χ0) is 17.2. The number of imidazole rings is 1. The number of nitrogens with zero attached hydrogens (tertiary/aromatic N) is 4. The van der Waals surface area contributed by atoms with Crippen molar-refractivity contribution in [1.82, 2.24) is 24.6 Å². The van der Waals surface area contributed by atoms with Crippen molar-refractivity contribution in [2.75, 3.05) is 6.61 Å². The second-order valence-corrected chi connectivity index (χ2v) is 6.92. The first-order chi connectivity index (χ1) is 12.2.